The minimum atomic E-state index is -0.292. The fourth-order valence-electron chi connectivity index (χ4n) is 3.41. The third-order valence-electron chi connectivity index (χ3n) is 5.09. The highest BCUT2D eigenvalue weighted by molar-refractivity contribution is 5.81. The van der Waals surface area contributed by atoms with Crippen LogP contribution in [0.4, 0.5) is 0 Å². The molecule has 0 saturated heterocycles. The van der Waals surface area contributed by atoms with E-state index in [1.807, 2.05) is 56.3 Å². The van der Waals surface area contributed by atoms with Gasteiger partial charge in [0.1, 0.15) is 6.26 Å². The van der Waals surface area contributed by atoms with E-state index in [9.17, 15) is 9.90 Å². The Kier molecular flexibility index (Phi) is 5.14. The summed E-state index contributed by atoms with van der Waals surface area (Å²) in [6.07, 6.45) is 7.50. The molecule has 1 saturated carbocycles. The number of rotatable bonds is 7. The lowest BCUT2D eigenvalue weighted by molar-refractivity contribution is -0.136. The van der Waals surface area contributed by atoms with E-state index in [-0.39, 0.29) is 29.8 Å². The molecule has 1 fully saturated rings. The maximum absolute atomic E-state index is 12.7. The lowest BCUT2D eigenvalue weighted by Crippen LogP contribution is -2.15. The van der Waals surface area contributed by atoms with E-state index in [4.69, 9.17) is 9.15 Å². The highest BCUT2D eigenvalue weighted by atomic mass is 16.5. The van der Waals surface area contributed by atoms with Crippen molar-refractivity contribution in [1.82, 2.24) is 0 Å². The van der Waals surface area contributed by atoms with Crippen LogP contribution in [0.3, 0.4) is 0 Å². The third-order valence-corrected chi connectivity index (χ3v) is 5.09. The Hall–Kier alpha value is -2.59. The number of ether oxygens (including phenoxy) is 1. The van der Waals surface area contributed by atoms with Gasteiger partial charge in [-0.25, -0.2) is 0 Å². The Balaban J connectivity index is 1.79. The topological polar surface area (TPSA) is 59.7 Å². The first-order chi connectivity index (χ1) is 12.5. The smallest absolute Gasteiger partial charge is 0.315 e. The molecule has 0 amide bonds. The highest BCUT2D eigenvalue weighted by Crippen LogP contribution is 2.59. The quantitative estimate of drug-likeness (QED) is 0.597. The predicted octanol–water partition coefficient (Wildman–Crippen LogP) is 4.28. The largest absolute Gasteiger partial charge is 0.465 e. The number of aliphatic hydroxyl groups excluding tert-OH is 1. The maximum Gasteiger partial charge on any atom is 0.315 e. The number of hydrogen-bond acceptors (Lipinski definition) is 4. The summed E-state index contributed by atoms with van der Waals surface area (Å²) in [6, 6.07) is 9.79. The van der Waals surface area contributed by atoms with Crippen molar-refractivity contribution in [2.45, 2.75) is 26.9 Å². The van der Waals surface area contributed by atoms with Gasteiger partial charge < -0.3 is 14.3 Å². The Morgan fingerprint density at radius 1 is 1.35 bits per heavy atom. The summed E-state index contributed by atoms with van der Waals surface area (Å²) in [5, 5.41) is 9.56. The molecule has 0 spiro atoms. The number of aliphatic hydroxyl groups is 1. The van der Waals surface area contributed by atoms with Crippen molar-refractivity contribution in [3.63, 3.8) is 0 Å². The number of carbonyl (C=O) groups excluding carboxylic acids is 1. The molecular formula is C22H24O4. The molecule has 1 aliphatic carbocycles. The molecule has 0 aliphatic heterocycles. The van der Waals surface area contributed by atoms with E-state index in [0.717, 1.165) is 5.56 Å². The fourth-order valence-corrected chi connectivity index (χ4v) is 3.41. The number of allylic oxidation sites excluding steroid dienone is 3. The summed E-state index contributed by atoms with van der Waals surface area (Å²) in [4.78, 5) is 12.7. The van der Waals surface area contributed by atoms with Crippen LogP contribution in [0.5, 0.6) is 5.75 Å². The van der Waals surface area contributed by atoms with Crippen LogP contribution in [0, 0.1) is 17.3 Å². The SMILES string of the molecule is C=C/C=C/[C@@H]1[C@@H](C(=O)Oc2c(CO)coc2Cc2ccccc2)C1(C)C. The van der Waals surface area contributed by atoms with Gasteiger partial charge in [0, 0.05) is 6.42 Å². The number of esters is 1. The molecule has 4 nitrogen and oxygen atoms in total. The summed E-state index contributed by atoms with van der Waals surface area (Å²) in [5.74, 6) is 0.500. The average molecular weight is 352 g/mol. The van der Waals surface area contributed by atoms with E-state index < -0.39 is 0 Å². The molecular weight excluding hydrogens is 328 g/mol. The number of furan rings is 1. The molecule has 0 unspecified atom stereocenters. The van der Waals surface area contributed by atoms with Crippen LogP contribution in [-0.4, -0.2) is 11.1 Å². The van der Waals surface area contributed by atoms with Crippen LogP contribution in [0.2, 0.25) is 0 Å². The third kappa shape index (κ3) is 3.51. The lowest BCUT2D eigenvalue weighted by Gasteiger charge is -2.08. The summed E-state index contributed by atoms with van der Waals surface area (Å²) < 4.78 is 11.3. The van der Waals surface area contributed by atoms with E-state index in [2.05, 4.69) is 6.58 Å². The molecule has 136 valence electrons. The van der Waals surface area contributed by atoms with Gasteiger partial charge in [0.05, 0.1) is 18.1 Å². The molecule has 2 aromatic rings. The Bertz CT molecular complexity index is 814. The van der Waals surface area contributed by atoms with Crippen LogP contribution in [0.1, 0.15) is 30.7 Å². The summed E-state index contributed by atoms with van der Waals surface area (Å²) in [7, 11) is 0. The monoisotopic (exact) mass is 352 g/mol. The molecule has 1 aliphatic rings. The van der Waals surface area contributed by atoms with Crippen molar-refractivity contribution in [3.8, 4) is 5.75 Å². The van der Waals surface area contributed by atoms with E-state index in [0.29, 0.717) is 23.5 Å². The molecule has 1 heterocycles. The van der Waals surface area contributed by atoms with Gasteiger partial charge >= 0.3 is 5.97 Å². The molecule has 2 atom stereocenters. The van der Waals surface area contributed by atoms with Crippen LogP contribution < -0.4 is 4.74 Å². The van der Waals surface area contributed by atoms with Crippen molar-refractivity contribution in [2.75, 3.05) is 0 Å². The van der Waals surface area contributed by atoms with Crippen molar-refractivity contribution in [3.05, 3.63) is 78.3 Å². The zero-order valence-corrected chi connectivity index (χ0v) is 15.1. The average Bonchev–Trinajstić information content (AvgIpc) is 2.98. The number of hydrogen-bond donors (Lipinski definition) is 1. The molecule has 0 bridgehead atoms. The van der Waals surface area contributed by atoms with Gasteiger partial charge in [0.25, 0.3) is 0 Å². The van der Waals surface area contributed by atoms with Crippen LogP contribution in [0.25, 0.3) is 0 Å². The van der Waals surface area contributed by atoms with Crippen LogP contribution >= 0.6 is 0 Å². The van der Waals surface area contributed by atoms with Crippen molar-refractivity contribution >= 4 is 5.97 Å². The second kappa shape index (κ2) is 7.34. The van der Waals surface area contributed by atoms with Gasteiger partial charge in [-0.2, -0.15) is 0 Å². The second-order valence-electron chi connectivity index (χ2n) is 7.20. The van der Waals surface area contributed by atoms with Gasteiger partial charge in [-0.1, -0.05) is 69.0 Å². The van der Waals surface area contributed by atoms with E-state index >= 15 is 0 Å². The Labute approximate surface area is 153 Å². The van der Waals surface area contributed by atoms with Gasteiger partial charge in [0.2, 0.25) is 0 Å². The molecule has 1 N–H and O–H groups in total. The molecule has 1 aromatic heterocycles. The molecule has 1 aromatic carbocycles. The van der Waals surface area contributed by atoms with Crippen molar-refractivity contribution in [2.24, 2.45) is 17.3 Å². The van der Waals surface area contributed by atoms with Crippen molar-refractivity contribution in [1.29, 1.82) is 0 Å². The number of carbonyl (C=O) groups is 1. The van der Waals surface area contributed by atoms with Gasteiger partial charge in [-0.3, -0.25) is 4.79 Å². The molecule has 3 rings (SSSR count). The second-order valence-corrected chi connectivity index (χ2v) is 7.20. The first kappa shape index (κ1) is 18.2. The van der Waals surface area contributed by atoms with Gasteiger partial charge in [-0.15, -0.1) is 0 Å². The first-order valence-corrected chi connectivity index (χ1v) is 8.74. The van der Waals surface area contributed by atoms with Gasteiger partial charge in [-0.05, 0) is 16.9 Å². The maximum atomic E-state index is 12.7. The summed E-state index contributed by atoms with van der Waals surface area (Å²) >= 11 is 0. The minimum absolute atomic E-state index is 0.120. The zero-order valence-electron chi connectivity index (χ0n) is 15.1. The molecule has 4 heteroatoms. The lowest BCUT2D eigenvalue weighted by atomic mass is 10.1. The Morgan fingerprint density at radius 2 is 2.08 bits per heavy atom. The van der Waals surface area contributed by atoms with E-state index in [1.54, 1.807) is 6.08 Å². The Morgan fingerprint density at radius 3 is 2.73 bits per heavy atom. The standard InChI is InChI=1S/C22H24O4/c1-4-5-11-17-19(22(17,2)3)21(24)26-20-16(13-23)14-25-18(20)12-15-9-7-6-8-10-15/h4-11,14,17,19,23H,1,12-13H2,2-3H3/b11-5+/t17-,19+/m1/s1. The molecule has 26 heavy (non-hydrogen) atoms. The summed E-state index contributed by atoms with van der Waals surface area (Å²) in [5.41, 5.74) is 1.38. The van der Waals surface area contributed by atoms with E-state index in [1.165, 1.54) is 6.26 Å². The van der Waals surface area contributed by atoms with Crippen LogP contribution in [0.15, 0.2) is 65.8 Å². The zero-order chi connectivity index (χ0) is 18.7. The predicted molar refractivity (Wildman–Crippen MR) is 99.6 cm³/mol. The van der Waals surface area contributed by atoms with Crippen molar-refractivity contribution < 1.29 is 19.1 Å². The fraction of sp³-hybridized carbons (Fsp3) is 0.318. The highest BCUT2D eigenvalue weighted by Gasteiger charge is 2.61. The van der Waals surface area contributed by atoms with Gasteiger partial charge in [0.15, 0.2) is 11.5 Å². The summed E-state index contributed by atoms with van der Waals surface area (Å²) in [6.45, 7) is 7.52. The number of benzene rings is 1. The van der Waals surface area contributed by atoms with Crippen LogP contribution in [-0.2, 0) is 17.8 Å². The molecule has 0 radical (unpaired) electrons. The first-order valence-electron chi connectivity index (χ1n) is 8.74. The normalized spacial score (nSPS) is 20.9. The minimum Gasteiger partial charge on any atom is -0.465 e.